The Morgan fingerprint density at radius 1 is 1.03 bits per heavy atom. The second-order valence-corrected chi connectivity index (χ2v) is 9.23. The van der Waals surface area contributed by atoms with Crippen LogP contribution in [-0.2, 0) is 17.5 Å². The number of amides is 3. The number of nitrogens with one attached hydrogen (secondary N) is 1. The molecule has 0 atom stereocenters. The van der Waals surface area contributed by atoms with Crippen molar-refractivity contribution >= 4 is 45.7 Å². The van der Waals surface area contributed by atoms with E-state index in [0.717, 1.165) is 41.8 Å². The fourth-order valence-electron chi connectivity index (χ4n) is 4.52. The van der Waals surface area contributed by atoms with Crippen molar-refractivity contribution in [1.29, 1.82) is 0 Å². The number of urea groups is 1. The number of pyridine rings is 1. The van der Waals surface area contributed by atoms with Crippen LogP contribution < -0.4 is 10.2 Å². The number of carbonyl (C=O) groups is 2. The summed E-state index contributed by atoms with van der Waals surface area (Å²) in [4.78, 5) is 31.8. The Hall–Kier alpha value is -3.43. The van der Waals surface area contributed by atoms with Gasteiger partial charge in [-0.2, -0.15) is 13.2 Å². The van der Waals surface area contributed by atoms with Gasteiger partial charge < -0.3 is 0 Å². The third-order valence-corrected chi connectivity index (χ3v) is 6.88. The minimum atomic E-state index is -4.34. The SMILES string of the molecule is O=C1CCN(c2cnc3ccc(C4=CCN(Cc5ccc(C(F)(F)F)cc5)CC4)c(Cl)c3c2)C(=O)N1. The predicted octanol–water partition coefficient (Wildman–Crippen LogP) is 5.64. The number of anilines is 1. The van der Waals surface area contributed by atoms with Gasteiger partial charge in [-0.05, 0) is 47.4 Å². The van der Waals surface area contributed by atoms with Gasteiger partial charge in [0.05, 0.1) is 28.0 Å². The molecule has 1 saturated heterocycles. The fraction of sp³-hybridized carbons (Fsp3) is 0.269. The summed E-state index contributed by atoms with van der Waals surface area (Å²) in [6.07, 6.45) is 0.285. The number of halogens is 4. The zero-order valence-corrected chi connectivity index (χ0v) is 19.9. The molecule has 0 aliphatic carbocycles. The summed E-state index contributed by atoms with van der Waals surface area (Å²) in [5.74, 6) is -0.304. The molecular weight excluding hydrogens is 493 g/mol. The topological polar surface area (TPSA) is 65.5 Å². The van der Waals surface area contributed by atoms with Gasteiger partial charge in [0.25, 0.3) is 0 Å². The lowest BCUT2D eigenvalue weighted by atomic mass is 9.97. The van der Waals surface area contributed by atoms with Crippen LogP contribution in [0.2, 0.25) is 5.02 Å². The number of alkyl halides is 3. The molecule has 10 heteroatoms. The summed E-state index contributed by atoms with van der Waals surface area (Å²) in [6, 6.07) is 10.4. The van der Waals surface area contributed by atoms with Crippen LogP contribution in [0, 0.1) is 0 Å². The van der Waals surface area contributed by atoms with E-state index in [1.165, 1.54) is 17.0 Å². The number of fused-ring (bicyclic) bond motifs is 1. The molecule has 3 amide bonds. The molecule has 0 spiro atoms. The molecule has 1 aromatic heterocycles. The number of aromatic nitrogens is 1. The van der Waals surface area contributed by atoms with Crippen molar-refractivity contribution in [1.82, 2.24) is 15.2 Å². The molecule has 0 saturated carbocycles. The maximum Gasteiger partial charge on any atom is 0.416 e. The minimum absolute atomic E-state index is 0.216. The summed E-state index contributed by atoms with van der Waals surface area (Å²) >= 11 is 6.80. The van der Waals surface area contributed by atoms with E-state index in [2.05, 4.69) is 21.3 Å². The largest absolute Gasteiger partial charge is 0.416 e. The van der Waals surface area contributed by atoms with Gasteiger partial charge in [0.1, 0.15) is 0 Å². The minimum Gasteiger partial charge on any atom is -0.295 e. The Bertz CT molecular complexity index is 1370. The number of hydrogen-bond donors (Lipinski definition) is 1. The van der Waals surface area contributed by atoms with E-state index in [-0.39, 0.29) is 18.9 Å². The van der Waals surface area contributed by atoms with Gasteiger partial charge in [-0.25, -0.2) is 4.79 Å². The van der Waals surface area contributed by atoms with Crippen LogP contribution in [0.3, 0.4) is 0 Å². The van der Waals surface area contributed by atoms with E-state index < -0.39 is 17.8 Å². The van der Waals surface area contributed by atoms with Gasteiger partial charge in [-0.15, -0.1) is 0 Å². The van der Waals surface area contributed by atoms with Crippen molar-refractivity contribution in [2.75, 3.05) is 24.5 Å². The van der Waals surface area contributed by atoms with Gasteiger partial charge in [0, 0.05) is 38.0 Å². The average Bonchev–Trinajstić information content (AvgIpc) is 2.85. The summed E-state index contributed by atoms with van der Waals surface area (Å²) in [6.45, 7) is 2.21. The van der Waals surface area contributed by atoms with Crippen LogP contribution in [0.1, 0.15) is 29.5 Å². The van der Waals surface area contributed by atoms with E-state index in [4.69, 9.17) is 11.6 Å². The Morgan fingerprint density at radius 3 is 2.47 bits per heavy atom. The fourth-order valence-corrected chi connectivity index (χ4v) is 4.85. The van der Waals surface area contributed by atoms with Crippen LogP contribution in [0.5, 0.6) is 0 Å². The van der Waals surface area contributed by atoms with Crippen LogP contribution in [0.25, 0.3) is 16.5 Å². The highest BCUT2D eigenvalue weighted by Gasteiger charge is 2.30. The Balaban J connectivity index is 1.33. The molecule has 5 rings (SSSR count). The maximum absolute atomic E-state index is 12.8. The summed E-state index contributed by atoms with van der Waals surface area (Å²) < 4.78 is 38.4. The molecule has 186 valence electrons. The highest BCUT2D eigenvalue weighted by molar-refractivity contribution is 6.37. The molecular formula is C26H22ClF3N4O2. The van der Waals surface area contributed by atoms with E-state index in [1.807, 2.05) is 18.2 Å². The molecule has 3 heterocycles. The lowest BCUT2D eigenvalue weighted by molar-refractivity contribution is -0.137. The first-order chi connectivity index (χ1) is 17.2. The average molecular weight is 515 g/mol. The van der Waals surface area contributed by atoms with Crippen molar-refractivity contribution in [2.45, 2.75) is 25.6 Å². The highest BCUT2D eigenvalue weighted by Crippen LogP contribution is 2.36. The first kappa shape index (κ1) is 24.3. The summed E-state index contributed by atoms with van der Waals surface area (Å²) in [7, 11) is 0. The van der Waals surface area contributed by atoms with E-state index in [9.17, 15) is 22.8 Å². The molecule has 0 bridgehead atoms. The van der Waals surface area contributed by atoms with Crippen molar-refractivity contribution in [3.8, 4) is 0 Å². The Morgan fingerprint density at radius 2 is 1.81 bits per heavy atom. The van der Waals surface area contributed by atoms with Crippen LogP contribution in [0.15, 0.2) is 54.7 Å². The number of nitrogens with zero attached hydrogens (tertiary/aromatic N) is 3. The number of hydrogen-bond acceptors (Lipinski definition) is 4. The molecule has 1 fully saturated rings. The molecule has 2 aromatic carbocycles. The van der Waals surface area contributed by atoms with E-state index >= 15 is 0 Å². The van der Waals surface area contributed by atoms with E-state index in [0.29, 0.717) is 34.7 Å². The highest BCUT2D eigenvalue weighted by atomic mass is 35.5. The van der Waals surface area contributed by atoms with Gasteiger partial charge in [0.15, 0.2) is 0 Å². The smallest absolute Gasteiger partial charge is 0.295 e. The van der Waals surface area contributed by atoms with Gasteiger partial charge in [-0.3, -0.25) is 24.9 Å². The van der Waals surface area contributed by atoms with Crippen LogP contribution >= 0.6 is 11.6 Å². The monoisotopic (exact) mass is 514 g/mol. The number of benzene rings is 2. The van der Waals surface area contributed by atoms with Gasteiger partial charge in [-0.1, -0.05) is 35.9 Å². The Labute approximate surface area is 210 Å². The molecule has 36 heavy (non-hydrogen) atoms. The molecule has 3 aromatic rings. The Kier molecular flexibility index (Phi) is 6.44. The zero-order chi connectivity index (χ0) is 25.4. The third kappa shape index (κ3) is 4.94. The van der Waals surface area contributed by atoms with Crippen LogP contribution in [-0.4, -0.2) is 41.5 Å². The van der Waals surface area contributed by atoms with Gasteiger partial charge in [0.2, 0.25) is 5.91 Å². The zero-order valence-electron chi connectivity index (χ0n) is 19.1. The van der Waals surface area contributed by atoms with Crippen LogP contribution in [0.4, 0.5) is 23.7 Å². The first-order valence-electron chi connectivity index (χ1n) is 11.5. The molecule has 0 unspecified atom stereocenters. The number of carbonyl (C=O) groups excluding carboxylic acids is 2. The normalized spacial score (nSPS) is 17.3. The van der Waals surface area contributed by atoms with Crippen molar-refractivity contribution < 1.29 is 22.8 Å². The van der Waals surface area contributed by atoms with Gasteiger partial charge >= 0.3 is 12.2 Å². The second-order valence-electron chi connectivity index (χ2n) is 8.85. The second kappa shape index (κ2) is 9.55. The molecule has 2 aliphatic rings. The van der Waals surface area contributed by atoms with Crippen molar-refractivity contribution in [3.63, 3.8) is 0 Å². The first-order valence-corrected chi connectivity index (χ1v) is 11.8. The lowest BCUT2D eigenvalue weighted by Gasteiger charge is -2.27. The molecule has 2 aliphatic heterocycles. The third-order valence-electron chi connectivity index (χ3n) is 6.48. The molecule has 6 nitrogen and oxygen atoms in total. The number of imide groups is 1. The number of rotatable bonds is 4. The standard InChI is InChI=1S/C26H22ClF3N4O2/c27-24-20(5-6-22-21(24)13-19(14-31-22)34-12-9-23(35)32-25(34)36)17-7-10-33(11-8-17)15-16-1-3-18(4-2-16)26(28,29)30/h1-7,13-14H,8-12,15H2,(H,32,35,36). The van der Waals surface area contributed by atoms with Crippen molar-refractivity contribution in [2.24, 2.45) is 0 Å². The predicted molar refractivity (Wildman–Crippen MR) is 132 cm³/mol. The maximum atomic E-state index is 12.8. The lowest BCUT2D eigenvalue weighted by Crippen LogP contribution is -2.49. The van der Waals surface area contributed by atoms with Crippen molar-refractivity contribution in [3.05, 3.63) is 76.5 Å². The molecule has 0 radical (unpaired) electrons. The summed E-state index contributed by atoms with van der Waals surface area (Å²) in [5.41, 5.74) is 3.40. The quantitative estimate of drug-likeness (QED) is 0.489. The molecule has 1 N–H and O–H groups in total. The summed E-state index contributed by atoms with van der Waals surface area (Å²) in [5, 5.41) is 3.56. The van der Waals surface area contributed by atoms with E-state index in [1.54, 1.807) is 6.20 Å².